The molecular weight excluding hydrogens is 389 g/mol. The third-order valence-corrected chi connectivity index (χ3v) is 6.71. The van der Waals surface area contributed by atoms with Crippen LogP contribution in [0, 0.1) is 17.7 Å². The van der Waals surface area contributed by atoms with Crippen LogP contribution in [0.5, 0.6) is 0 Å². The second-order valence-electron chi connectivity index (χ2n) is 8.50. The molecule has 4 aliphatic rings. The fraction of sp³-hybridized carbons (Fsp3) is 0.545. The van der Waals surface area contributed by atoms with Gasteiger partial charge in [0.2, 0.25) is 11.8 Å². The summed E-state index contributed by atoms with van der Waals surface area (Å²) in [7, 11) is 1.59. The minimum Gasteiger partial charge on any atom is -0.383 e. The summed E-state index contributed by atoms with van der Waals surface area (Å²) in [5, 5.41) is 2.81. The number of nitrogens with zero attached hydrogens (tertiary/aromatic N) is 2. The van der Waals surface area contributed by atoms with Gasteiger partial charge in [-0.25, -0.2) is 4.39 Å². The fourth-order valence-corrected chi connectivity index (χ4v) is 5.29. The van der Waals surface area contributed by atoms with Crippen LogP contribution < -0.4 is 10.2 Å². The van der Waals surface area contributed by atoms with Gasteiger partial charge in [-0.3, -0.25) is 9.59 Å². The molecule has 4 aliphatic heterocycles. The number of hydrogen-bond donors (Lipinski definition) is 1. The van der Waals surface area contributed by atoms with Crippen molar-refractivity contribution in [3.05, 3.63) is 36.2 Å². The van der Waals surface area contributed by atoms with Gasteiger partial charge in [-0.2, -0.15) is 0 Å². The molecule has 0 unspecified atom stereocenters. The van der Waals surface area contributed by atoms with Crippen molar-refractivity contribution in [1.82, 2.24) is 4.90 Å². The van der Waals surface area contributed by atoms with E-state index in [0.29, 0.717) is 31.1 Å². The molecule has 5 rings (SSSR count). The molecule has 7 nitrogen and oxygen atoms in total. The van der Waals surface area contributed by atoms with Crippen LogP contribution in [-0.2, 0) is 19.1 Å². The van der Waals surface area contributed by atoms with Gasteiger partial charge in [0.25, 0.3) is 0 Å². The van der Waals surface area contributed by atoms with E-state index in [9.17, 15) is 14.0 Å². The van der Waals surface area contributed by atoms with Crippen molar-refractivity contribution in [2.45, 2.75) is 24.5 Å². The van der Waals surface area contributed by atoms with E-state index >= 15 is 0 Å². The number of carbonyl (C=O) groups is 2. The number of anilines is 2. The molecule has 0 aliphatic carbocycles. The first kappa shape index (κ1) is 19.5. The summed E-state index contributed by atoms with van der Waals surface area (Å²) in [5.74, 6) is -1.94. The Morgan fingerprint density at radius 2 is 2.17 bits per heavy atom. The number of amides is 2. The van der Waals surface area contributed by atoms with Crippen molar-refractivity contribution in [3.8, 4) is 0 Å². The molecule has 0 aromatic heterocycles. The summed E-state index contributed by atoms with van der Waals surface area (Å²) in [6, 6.07) is 4.78. The molecule has 160 valence electrons. The minimum absolute atomic E-state index is 0.0883. The predicted molar refractivity (Wildman–Crippen MR) is 109 cm³/mol. The molecule has 4 atom stereocenters. The number of nitrogens with one attached hydrogen (secondary N) is 1. The molecule has 3 saturated heterocycles. The van der Waals surface area contributed by atoms with E-state index in [-0.39, 0.29) is 17.6 Å². The number of benzene rings is 1. The molecule has 1 aromatic rings. The average molecular weight is 415 g/mol. The number of methoxy groups -OCH3 is 1. The Morgan fingerprint density at radius 3 is 2.90 bits per heavy atom. The molecule has 30 heavy (non-hydrogen) atoms. The number of carbonyl (C=O) groups excluding carboxylic acids is 2. The zero-order valence-corrected chi connectivity index (χ0v) is 17.0. The second-order valence-corrected chi connectivity index (χ2v) is 8.50. The van der Waals surface area contributed by atoms with Gasteiger partial charge in [0.1, 0.15) is 11.4 Å². The number of halogens is 1. The monoisotopic (exact) mass is 415 g/mol. The number of fused-ring (bicyclic) bond motifs is 1. The van der Waals surface area contributed by atoms with Crippen LogP contribution in [0.25, 0.3) is 0 Å². The van der Waals surface area contributed by atoms with Crippen LogP contribution >= 0.6 is 0 Å². The first-order chi connectivity index (χ1) is 14.5. The standard InChI is InChI=1S/C22H26FN3O4/c1-29-11-10-26-13-22-7-6-17(30-22)18(19(22)21(26)28)20(27)24-14-4-5-16(15(23)12-14)25-8-2-3-9-25/h4-7,12,17-19H,2-3,8-11,13H2,1H3,(H,24,27)/t17-,18+,19-,22-/m1/s1. The van der Waals surface area contributed by atoms with Gasteiger partial charge in [0, 0.05) is 32.4 Å². The Hall–Kier alpha value is -2.45. The van der Waals surface area contributed by atoms with E-state index in [0.717, 1.165) is 25.9 Å². The van der Waals surface area contributed by atoms with Crippen LogP contribution in [-0.4, -0.2) is 68.3 Å². The maximum atomic E-state index is 14.6. The van der Waals surface area contributed by atoms with Crippen molar-refractivity contribution in [2.24, 2.45) is 11.8 Å². The Balaban J connectivity index is 1.32. The van der Waals surface area contributed by atoms with Crippen molar-refractivity contribution in [2.75, 3.05) is 50.1 Å². The lowest BCUT2D eigenvalue weighted by molar-refractivity contribution is -0.136. The summed E-state index contributed by atoms with van der Waals surface area (Å²) in [4.78, 5) is 29.8. The first-order valence-corrected chi connectivity index (χ1v) is 10.5. The highest BCUT2D eigenvalue weighted by atomic mass is 19.1. The summed E-state index contributed by atoms with van der Waals surface area (Å²) >= 11 is 0. The quantitative estimate of drug-likeness (QED) is 0.718. The fourth-order valence-electron chi connectivity index (χ4n) is 5.29. The summed E-state index contributed by atoms with van der Waals surface area (Å²) in [6.07, 6.45) is 5.48. The predicted octanol–water partition coefficient (Wildman–Crippen LogP) is 1.79. The SMILES string of the molecule is COCCN1C[C@@]23C=C[C@@H](O2)[C@H](C(=O)Nc2ccc(N4CCCC4)c(F)c2)[C@@H]3C1=O. The van der Waals surface area contributed by atoms with Gasteiger partial charge in [0.05, 0.1) is 36.8 Å². The van der Waals surface area contributed by atoms with E-state index in [1.807, 2.05) is 17.1 Å². The lowest BCUT2D eigenvalue weighted by Gasteiger charge is -2.24. The van der Waals surface area contributed by atoms with Crippen LogP contribution in [0.15, 0.2) is 30.4 Å². The minimum atomic E-state index is -0.748. The Labute approximate surface area is 174 Å². The lowest BCUT2D eigenvalue weighted by Crippen LogP contribution is -2.41. The van der Waals surface area contributed by atoms with Crippen LogP contribution in [0.1, 0.15) is 12.8 Å². The molecule has 1 spiro atoms. The summed E-state index contributed by atoms with van der Waals surface area (Å²) in [5.41, 5.74) is 0.209. The Kier molecular flexibility index (Phi) is 4.78. The van der Waals surface area contributed by atoms with Gasteiger partial charge in [0.15, 0.2) is 0 Å². The smallest absolute Gasteiger partial charge is 0.231 e. The van der Waals surface area contributed by atoms with Crippen molar-refractivity contribution < 1.29 is 23.5 Å². The highest BCUT2D eigenvalue weighted by Gasteiger charge is 2.66. The third kappa shape index (κ3) is 3.01. The largest absolute Gasteiger partial charge is 0.383 e. The highest BCUT2D eigenvalue weighted by Crippen LogP contribution is 2.52. The second kappa shape index (κ2) is 7.35. The normalized spacial score (nSPS) is 31.7. The summed E-state index contributed by atoms with van der Waals surface area (Å²) < 4.78 is 25.8. The summed E-state index contributed by atoms with van der Waals surface area (Å²) in [6.45, 7) is 3.02. The van der Waals surface area contributed by atoms with Gasteiger partial charge >= 0.3 is 0 Å². The van der Waals surface area contributed by atoms with Crippen LogP contribution in [0.3, 0.4) is 0 Å². The van der Waals surface area contributed by atoms with Gasteiger partial charge in [-0.05, 0) is 31.0 Å². The van der Waals surface area contributed by atoms with E-state index in [1.54, 1.807) is 24.1 Å². The number of likely N-dealkylation sites (tertiary alicyclic amines) is 1. The van der Waals surface area contributed by atoms with Crippen molar-refractivity contribution in [3.63, 3.8) is 0 Å². The number of hydrogen-bond acceptors (Lipinski definition) is 5. The molecule has 0 saturated carbocycles. The Morgan fingerprint density at radius 1 is 1.37 bits per heavy atom. The van der Waals surface area contributed by atoms with E-state index < -0.39 is 23.5 Å². The van der Waals surface area contributed by atoms with Gasteiger partial charge < -0.3 is 24.6 Å². The number of ether oxygens (including phenoxy) is 2. The third-order valence-electron chi connectivity index (χ3n) is 6.71. The van der Waals surface area contributed by atoms with Crippen molar-refractivity contribution in [1.29, 1.82) is 0 Å². The van der Waals surface area contributed by atoms with E-state index in [2.05, 4.69) is 5.32 Å². The van der Waals surface area contributed by atoms with Crippen molar-refractivity contribution >= 4 is 23.2 Å². The maximum Gasteiger partial charge on any atom is 0.231 e. The van der Waals surface area contributed by atoms with Gasteiger partial charge in [-0.1, -0.05) is 12.2 Å². The zero-order chi connectivity index (χ0) is 20.9. The molecule has 1 aromatic carbocycles. The molecule has 2 bridgehead atoms. The van der Waals surface area contributed by atoms with Crippen LogP contribution in [0.2, 0.25) is 0 Å². The molecular formula is C22H26FN3O4. The lowest BCUT2D eigenvalue weighted by atomic mass is 9.77. The molecule has 0 radical (unpaired) electrons. The first-order valence-electron chi connectivity index (χ1n) is 10.5. The molecule has 8 heteroatoms. The van der Waals surface area contributed by atoms with E-state index in [4.69, 9.17) is 9.47 Å². The molecule has 4 heterocycles. The molecule has 3 fully saturated rings. The molecule has 1 N–H and O–H groups in total. The van der Waals surface area contributed by atoms with Crippen LogP contribution in [0.4, 0.5) is 15.8 Å². The number of rotatable bonds is 6. The molecule has 2 amide bonds. The maximum absolute atomic E-state index is 14.6. The average Bonchev–Trinajstić information content (AvgIpc) is 3.49. The van der Waals surface area contributed by atoms with E-state index in [1.165, 1.54) is 6.07 Å². The topological polar surface area (TPSA) is 71.1 Å². The zero-order valence-electron chi connectivity index (χ0n) is 17.0. The van der Waals surface area contributed by atoms with Gasteiger partial charge in [-0.15, -0.1) is 0 Å². The highest BCUT2D eigenvalue weighted by molar-refractivity contribution is 5.99. The Bertz CT molecular complexity index is 900.